The number of nitrogens with one attached hydrogen (secondary N) is 1. The lowest BCUT2D eigenvalue weighted by Gasteiger charge is -2.02. The van der Waals surface area contributed by atoms with Gasteiger partial charge < -0.3 is 5.32 Å². The van der Waals surface area contributed by atoms with E-state index < -0.39 is 0 Å². The normalized spacial score (nSPS) is 11.4. The summed E-state index contributed by atoms with van der Waals surface area (Å²) in [7, 11) is 0. The molecule has 1 nitrogen and oxygen atoms in total. The summed E-state index contributed by atoms with van der Waals surface area (Å²) in [5.74, 6) is 0. The highest BCUT2D eigenvalue weighted by molar-refractivity contribution is 5.42. The molecule has 0 fully saturated rings. The van der Waals surface area contributed by atoms with E-state index in [0.29, 0.717) is 0 Å². The number of hydrogen-bond acceptors (Lipinski definition) is 1. The third kappa shape index (κ3) is 7.61. The molecule has 0 saturated heterocycles. The number of allylic oxidation sites excluding steroid dienone is 7. The predicted octanol–water partition coefficient (Wildman–Crippen LogP) is 4.90. The molecule has 0 bridgehead atoms. The fraction of sp³-hybridized carbons (Fsp3) is 0.111. The SMILES string of the molecule is C=C/C=C\C(=C)/C=C\C=C/CCNc1ccccc1. The van der Waals surface area contributed by atoms with Gasteiger partial charge in [0.25, 0.3) is 0 Å². The average molecular weight is 251 g/mol. The van der Waals surface area contributed by atoms with Crippen molar-refractivity contribution in [3.8, 4) is 0 Å². The van der Waals surface area contributed by atoms with Gasteiger partial charge in [0.1, 0.15) is 0 Å². The van der Waals surface area contributed by atoms with Crippen LogP contribution in [-0.2, 0) is 0 Å². The van der Waals surface area contributed by atoms with Crippen LogP contribution in [0.5, 0.6) is 0 Å². The second-order valence-corrected chi connectivity index (χ2v) is 4.04. The van der Waals surface area contributed by atoms with Crippen molar-refractivity contribution < 1.29 is 0 Å². The highest BCUT2D eigenvalue weighted by atomic mass is 14.9. The van der Waals surface area contributed by atoms with Crippen molar-refractivity contribution in [2.75, 3.05) is 11.9 Å². The Hall–Kier alpha value is -2.28. The molecule has 0 aromatic heterocycles. The molecular formula is C18H21N. The molecule has 1 rings (SSSR count). The Kier molecular flexibility index (Phi) is 7.56. The van der Waals surface area contributed by atoms with E-state index in [0.717, 1.165) is 24.2 Å². The van der Waals surface area contributed by atoms with Gasteiger partial charge in [0.15, 0.2) is 0 Å². The molecule has 1 heteroatoms. The predicted molar refractivity (Wildman–Crippen MR) is 86.3 cm³/mol. The smallest absolute Gasteiger partial charge is 0.0340 e. The van der Waals surface area contributed by atoms with Crippen molar-refractivity contribution >= 4 is 5.69 Å². The Morgan fingerprint density at radius 2 is 1.79 bits per heavy atom. The number of hydrogen-bond donors (Lipinski definition) is 1. The van der Waals surface area contributed by atoms with E-state index in [1.54, 1.807) is 6.08 Å². The first-order valence-corrected chi connectivity index (χ1v) is 6.43. The van der Waals surface area contributed by atoms with Gasteiger partial charge in [-0.25, -0.2) is 0 Å². The molecule has 0 heterocycles. The molecule has 0 aliphatic carbocycles. The first kappa shape index (κ1) is 14.8. The summed E-state index contributed by atoms with van der Waals surface area (Å²) in [6.45, 7) is 8.45. The standard InChI is InChI=1S/C18H21N/c1-3-4-12-17(2)13-8-5-6-11-16-19-18-14-9-7-10-15-18/h3-10,12-15,19H,1-2,11,16H2/b6-5-,12-4-,13-8-. The minimum Gasteiger partial charge on any atom is -0.385 e. The molecule has 0 spiro atoms. The van der Waals surface area contributed by atoms with Gasteiger partial charge in [0.2, 0.25) is 0 Å². The van der Waals surface area contributed by atoms with Crippen molar-refractivity contribution in [2.45, 2.75) is 6.42 Å². The van der Waals surface area contributed by atoms with Crippen LogP contribution < -0.4 is 5.32 Å². The van der Waals surface area contributed by atoms with Crippen molar-refractivity contribution in [1.29, 1.82) is 0 Å². The Morgan fingerprint density at radius 3 is 2.53 bits per heavy atom. The fourth-order valence-electron chi connectivity index (χ4n) is 1.46. The van der Waals surface area contributed by atoms with Crippen molar-refractivity contribution in [2.24, 2.45) is 0 Å². The minimum absolute atomic E-state index is 0.936. The van der Waals surface area contributed by atoms with E-state index in [2.05, 4.69) is 36.7 Å². The molecule has 19 heavy (non-hydrogen) atoms. The average Bonchev–Trinajstić information content (AvgIpc) is 2.45. The summed E-state index contributed by atoms with van der Waals surface area (Å²) < 4.78 is 0. The summed E-state index contributed by atoms with van der Waals surface area (Å²) in [5.41, 5.74) is 2.13. The molecular weight excluding hydrogens is 230 g/mol. The molecule has 1 N–H and O–H groups in total. The molecule has 0 aliphatic rings. The van der Waals surface area contributed by atoms with Crippen molar-refractivity contribution in [3.05, 3.63) is 91.6 Å². The van der Waals surface area contributed by atoms with E-state index in [4.69, 9.17) is 0 Å². The zero-order chi connectivity index (χ0) is 13.8. The van der Waals surface area contributed by atoms with Crippen LogP contribution in [0.4, 0.5) is 5.69 Å². The van der Waals surface area contributed by atoms with Gasteiger partial charge >= 0.3 is 0 Å². The van der Waals surface area contributed by atoms with Gasteiger partial charge in [-0.1, -0.05) is 73.9 Å². The number of benzene rings is 1. The largest absolute Gasteiger partial charge is 0.385 e. The van der Waals surface area contributed by atoms with E-state index in [9.17, 15) is 0 Å². The number of anilines is 1. The topological polar surface area (TPSA) is 12.0 Å². The third-order valence-corrected chi connectivity index (χ3v) is 2.42. The Bertz CT molecular complexity index is 464. The molecule has 0 saturated carbocycles. The van der Waals surface area contributed by atoms with E-state index in [1.807, 2.05) is 48.6 Å². The maximum absolute atomic E-state index is 3.90. The molecule has 0 radical (unpaired) electrons. The van der Waals surface area contributed by atoms with Crippen LogP contribution in [0.3, 0.4) is 0 Å². The van der Waals surface area contributed by atoms with Crippen LogP contribution in [0.25, 0.3) is 0 Å². The molecule has 1 aromatic carbocycles. The van der Waals surface area contributed by atoms with Gasteiger partial charge in [-0.05, 0) is 24.1 Å². The fourth-order valence-corrected chi connectivity index (χ4v) is 1.46. The zero-order valence-electron chi connectivity index (χ0n) is 11.3. The van der Waals surface area contributed by atoms with Gasteiger partial charge in [-0.15, -0.1) is 0 Å². The second-order valence-electron chi connectivity index (χ2n) is 4.04. The lowest BCUT2D eigenvalue weighted by molar-refractivity contribution is 1.07. The Balaban J connectivity index is 2.17. The lowest BCUT2D eigenvalue weighted by atomic mass is 10.2. The summed E-state index contributed by atoms with van der Waals surface area (Å²) >= 11 is 0. The van der Waals surface area contributed by atoms with Crippen LogP contribution in [0.1, 0.15) is 6.42 Å². The quantitative estimate of drug-likeness (QED) is 0.512. The summed E-state index contributed by atoms with van der Waals surface area (Å²) in [6.07, 6.45) is 14.7. The third-order valence-electron chi connectivity index (χ3n) is 2.42. The van der Waals surface area contributed by atoms with Crippen LogP contribution in [0, 0.1) is 0 Å². The lowest BCUT2D eigenvalue weighted by Crippen LogP contribution is -1.99. The molecule has 0 amide bonds. The van der Waals surface area contributed by atoms with Gasteiger partial charge in [0.05, 0.1) is 0 Å². The monoisotopic (exact) mass is 251 g/mol. The Labute approximate surface area is 116 Å². The molecule has 98 valence electrons. The molecule has 0 unspecified atom stereocenters. The molecule has 0 aliphatic heterocycles. The summed E-state index contributed by atoms with van der Waals surface area (Å²) in [4.78, 5) is 0. The summed E-state index contributed by atoms with van der Waals surface area (Å²) in [6, 6.07) is 10.2. The summed E-state index contributed by atoms with van der Waals surface area (Å²) in [5, 5.41) is 3.36. The maximum Gasteiger partial charge on any atom is 0.0340 e. The van der Waals surface area contributed by atoms with E-state index >= 15 is 0 Å². The van der Waals surface area contributed by atoms with E-state index in [-0.39, 0.29) is 0 Å². The number of para-hydroxylation sites is 1. The highest BCUT2D eigenvalue weighted by Crippen LogP contribution is 2.04. The van der Waals surface area contributed by atoms with Crippen molar-refractivity contribution in [1.82, 2.24) is 0 Å². The highest BCUT2D eigenvalue weighted by Gasteiger charge is 1.86. The Morgan fingerprint density at radius 1 is 1.05 bits per heavy atom. The first-order chi connectivity index (χ1) is 9.33. The van der Waals surface area contributed by atoms with Crippen LogP contribution in [0.2, 0.25) is 0 Å². The van der Waals surface area contributed by atoms with Crippen LogP contribution in [0.15, 0.2) is 91.6 Å². The van der Waals surface area contributed by atoms with Crippen molar-refractivity contribution in [3.63, 3.8) is 0 Å². The van der Waals surface area contributed by atoms with Gasteiger partial charge in [-0.3, -0.25) is 0 Å². The van der Waals surface area contributed by atoms with Gasteiger partial charge in [-0.2, -0.15) is 0 Å². The maximum atomic E-state index is 3.90. The van der Waals surface area contributed by atoms with Gasteiger partial charge in [0, 0.05) is 12.2 Å². The second kappa shape index (κ2) is 9.72. The zero-order valence-corrected chi connectivity index (χ0v) is 11.3. The van der Waals surface area contributed by atoms with Crippen LogP contribution in [-0.4, -0.2) is 6.54 Å². The first-order valence-electron chi connectivity index (χ1n) is 6.43. The molecule has 0 atom stereocenters. The molecule has 1 aromatic rings. The van der Waals surface area contributed by atoms with E-state index in [1.165, 1.54) is 0 Å². The number of rotatable bonds is 8. The van der Waals surface area contributed by atoms with Crippen LogP contribution >= 0.6 is 0 Å². The minimum atomic E-state index is 0.936.